The quantitative estimate of drug-likeness (QED) is 0.798. The van der Waals surface area contributed by atoms with Crippen LogP contribution >= 0.6 is 0 Å². The number of aliphatic hydroxyl groups is 1. The molecule has 0 amide bonds. The fraction of sp³-hybridized carbons (Fsp3) is 0.538. The minimum absolute atomic E-state index is 0.152. The van der Waals surface area contributed by atoms with Gasteiger partial charge in [-0.3, -0.25) is 0 Å². The molecule has 2 heteroatoms. The van der Waals surface area contributed by atoms with Crippen molar-refractivity contribution in [2.75, 3.05) is 20.6 Å². The molecule has 0 aliphatic heterocycles. The molecule has 0 atom stereocenters. The predicted molar refractivity (Wildman–Crippen MR) is 64.0 cm³/mol. The average molecular weight is 207 g/mol. The third-order valence-corrected chi connectivity index (χ3v) is 2.58. The third kappa shape index (κ3) is 4.02. The second-order valence-corrected chi connectivity index (χ2v) is 4.34. The smallest absolute Gasteiger partial charge is 0.0684 e. The van der Waals surface area contributed by atoms with Gasteiger partial charge in [0, 0.05) is 0 Å². The number of benzene rings is 1. The summed E-state index contributed by atoms with van der Waals surface area (Å²) < 4.78 is 0. The Morgan fingerprint density at radius 2 is 1.93 bits per heavy atom. The van der Waals surface area contributed by atoms with Gasteiger partial charge in [0.1, 0.15) is 0 Å². The largest absolute Gasteiger partial charge is 0.392 e. The Morgan fingerprint density at radius 1 is 1.20 bits per heavy atom. The maximum absolute atomic E-state index is 9.24. The lowest BCUT2D eigenvalue weighted by Crippen LogP contribution is -2.13. The van der Waals surface area contributed by atoms with Crippen LogP contribution in [0.25, 0.3) is 0 Å². The van der Waals surface area contributed by atoms with E-state index in [2.05, 4.69) is 44.1 Å². The number of aryl methyl sites for hydroxylation is 2. The molecule has 0 saturated heterocycles. The summed E-state index contributed by atoms with van der Waals surface area (Å²) in [7, 11) is 4.17. The van der Waals surface area contributed by atoms with E-state index >= 15 is 0 Å². The highest BCUT2D eigenvalue weighted by Gasteiger charge is 2.02. The summed E-state index contributed by atoms with van der Waals surface area (Å²) in [5.41, 5.74) is 3.58. The van der Waals surface area contributed by atoms with E-state index in [1.807, 2.05) is 0 Å². The van der Waals surface area contributed by atoms with Crippen LogP contribution in [0.2, 0.25) is 0 Å². The lowest BCUT2D eigenvalue weighted by atomic mass is 10.0. The molecule has 1 rings (SSSR count). The highest BCUT2D eigenvalue weighted by molar-refractivity contribution is 5.31. The van der Waals surface area contributed by atoms with Gasteiger partial charge in [-0.15, -0.1) is 0 Å². The van der Waals surface area contributed by atoms with Crippen molar-refractivity contribution in [2.24, 2.45) is 0 Å². The average Bonchev–Trinajstić information content (AvgIpc) is 2.19. The van der Waals surface area contributed by atoms with E-state index in [9.17, 15) is 5.11 Å². The minimum Gasteiger partial charge on any atom is -0.392 e. The van der Waals surface area contributed by atoms with Crippen molar-refractivity contribution in [1.82, 2.24) is 4.90 Å². The topological polar surface area (TPSA) is 23.5 Å². The van der Waals surface area contributed by atoms with Gasteiger partial charge in [-0.05, 0) is 51.5 Å². The monoisotopic (exact) mass is 207 g/mol. The highest BCUT2D eigenvalue weighted by Crippen LogP contribution is 2.13. The Labute approximate surface area is 92.5 Å². The molecule has 15 heavy (non-hydrogen) atoms. The zero-order chi connectivity index (χ0) is 11.3. The maximum atomic E-state index is 9.24. The van der Waals surface area contributed by atoms with Crippen molar-refractivity contribution in [1.29, 1.82) is 0 Å². The van der Waals surface area contributed by atoms with Gasteiger partial charge >= 0.3 is 0 Å². The van der Waals surface area contributed by atoms with Crippen molar-refractivity contribution in [3.05, 3.63) is 34.9 Å². The van der Waals surface area contributed by atoms with Gasteiger partial charge in [0.25, 0.3) is 0 Å². The Bertz CT molecular complexity index is 307. The number of nitrogens with zero attached hydrogens (tertiary/aromatic N) is 1. The fourth-order valence-electron chi connectivity index (χ4n) is 1.73. The van der Waals surface area contributed by atoms with Gasteiger partial charge in [0.2, 0.25) is 0 Å². The van der Waals surface area contributed by atoms with Crippen LogP contribution in [0.5, 0.6) is 0 Å². The first-order chi connectivity index (χ1) is 7.13. The predicted octanol–water partition coefficient (Wildman–Crippen LogP) is 1.98. The normalized spacial score (nSPS) is 11.0. The Hall–Kier alpha value is -0.860. The summed E-state index contributed by atoms with van der Waals surface area (Å²) in [5.74, 6) is 0. The van der Waals surface area contributed by atoms with E-state index in [1.165, 1.54) is 11.1 Å². The van der Waals surface area contributed by atoms with E-state index in [0.29, 0.717) is 0 Å². The van der Waals surface area contributed by atoms with E-state index in [-0.39, 0.29) is 6.61 Å². The van der Waals surface area contributed by atoms with Gasteiger partial charge in [0.15, 0.2) is 0 Å². The molecule has 0 heterocycles. The summed E-state index contributed by atoms with van der Waals surface area (Å²) >= 11 is 0. The van der Waals surface area contributed by atoms with Crippen LogP contribution in [0.1, 0.15) is 23.1 Å². The highest BCUT2D eigenvalue weighted by atomic mass is 16.3. The van der Waals surface area contributed by atoms with Gasteiger partial charge in [0.05, 0.1) is 6.61 Å². The Balaban J connectivity index is 2.60. The van der Waals surface area contributed by atoms with Gasteiger partial charge in [-0.25, -0.2) is 0 Å². The van der Waals surface area contributed by atoms with Crippen molar-refractivity contribution in [3.8, 4) is 0 Å². The first kappa shape index (κ1) is 12.2. The van der Waals surface area contributed by atoms with Gasteiger partial charge in [-0.1, -0.05) is 23.8 Å². The molecule has 1 N–H and O–H groups in total. The molecule has 0 fully saturated rings. The van der Waals surface area contributed by atoms with E-state index in [4.69, 9.17) is 0 Å². The molecule has 0 spiro atoms. The summed E-state index contributed by atoms with van der Waals surface area (Å²) in [6.07, 6.45) is 2.19. The van der Waals surface area contributed by atoms with E-state index in [1.54, 1.807) is 0 Å². The molecule has 2 nitrogen and oxygen atoms in total. The van der Waals surface area contributed by atoms with Crippen molar-refractivity contribution < 1.29 is 5.11 Å². The Kier molecular flexibility index (Phi) is 4.79. The van der Waals surface area contributed by atoms with Crippen LogP contribution in [0.15, 0.2) is 18.2 Å². The maximum Gasteiger partial charge on any atom is 0.0684 e. The number of hydrogen-bond acceptors (Lipinski definition) is 2. The summed E-state index contributed by atoms with van der Waals surface area (Å²) in [4.78, 5) is 2.19. The summed E-state index contributed by atoms with van der Waals surface area (Å²) in [5, 5.41) is 9.24. The summed E-state index contributed by atoms with van der Waals surface area (Å²) in [6, 6.07) is 6.33. The molecule has 1 aromatic rings. The van der Waals surface area contributed by atoms with Crippen molar-refractivity contribution >= 4 is 0 Å². The van der Waals surface area contributed by atoms with Gasteiger partial charge in [-0.2, -0.15) is 0 Å². The molecule has 84 valence electrons. The molecular weight excluding hydrogens is 186 g/mol. The molecular formula is C13H21NO. The number of aliphatic hydroxyl groups excluding tert-OH is 1. The molecule has 1 aromatic carbocycles. The van der Waals surface area contributed by atoms with Gasteiger partial charge < -0.3 is 10.0 Å². The molecule has 0 saturated carbocycles. The molecule has 0 aliphatic rings. The van der Waals surface area contributed by atoms with Crippen LogP contribution in [-0.2, 0) is 13.0 Å². The fourth-order valence-corrected chi connectivity index (χ4v) is 1.73. The lowest BCUT2D eigenvalue weighted by molar-refractivity contribution is 0.280. The van der Waals surface area contributed by atoms with Crippen LogP contribution < -0.4 is 0 Å². The van der Waals surface area contributed by atoms with E-state index < -0.39 is 0 Å². The third-order valence-electron chi connectivity index (χ3n) is 2.58. The molecule has 0 bridgehead atoms. The molecule has 0 unspecified atom stereocenters. The van der Waals surface area contributed by atoms with Crippen LogP contribution in [0, 0.1) is 6.92 Å². The van der Waals surface area contributed by atoms with E-state index in [0.717, 1.165) is 24.9 Å². The second kappa shape index (κ2) is 5.89. The van der Waals surface area contributed by atoms with Crippen molar-refractivity contribution in [3.63, 3.8) is 0 Å². The molecule has 0 aliphatic carbocycles. The lowest BCUT2D eigenvalue weighted by Gasteiger charge is -2.11. The zero-order valence-corrected chi connectivity index (χ0v) is 9.95. The summed E-state index contributed by atoms with van der Waals surface area (Å²) in [6.45, 7) is 3.31. The standard InChI is InChI=1S/C13H21NO/c1-11-6-7-12(13(9-11)10-15)5-4-8-14(2)3/h6-7,9,15H,4-5,8,10H2,1-3H3. The van der Waals surface area contributed by atoms with Crippen LogP contribution in [-0.4, -0.2) is 30.6 Å². The second-order valence-electron chi connectivity index (χ2n) is 4.34. The number of rotatable bonds is 5. The SMILES string of the molecule is Cc1ccc(CCCN(C)C)c(CO)c1. The minimum atomic E-state index is 0.152. The van der Waals surface area contributed by atoms with Crippen LogP contribution in [0.4, 0.5) is 0 Å². The molecule has 0 aromatic heterocycles. The van der Waals surface area contributed by atoms with Crippen molar-refractivity contribution in [2.45, 2.75) is 26.4 Å². The number of hydrogen-bond donors (Lipinski definition) is 1. The first-order valence-electron chi connectivity index (χ1n) is 5.47. The first-order valence-corrected chi connectivity index (χ1v) is 5.47. The molecule has 0 radical (unpaired) electrons. The Morgan fingerprint density at radius 3 is 2.53 bits per heavy atom. The van der Waals surface area contributed by atoms with Crippen LogP contribution in [0.3, 0.4) is 0 Å². The zero-order valence-electron chi connectivity index (χ0n) is 9.95.